The van der Waals surface area contributed by atoms with Gasteiger partial charge >= 0.3 is 0 Å². The molecule has 0 spiro atoms. The van der Waals surface area contributed by atoms with Crippen LogP contribution in [0.1, 0.15) is 11.1 Å². The lowest BCUT2D eigenvalue weighted by atomic mass is 10.2. The molecule has 1 heterocycles. The van der Waals surface area contributed by atoms with Crippen molar-refractivity contribution in [1.29, 1.82) is 0 Å². The van der Waals surface area contributed by atoms with Crippen molar-refractivity contribution < 1.29 is 8.42 Å². The van der Waals surface area contributed by atoms with Gasteiger partial charge < -0.3 is 5.73 Å². The van der Waals surface area contributed by atoms with Crippen molar-refractivity contribution in [3.63, 3.8) is 0 Å². The third kappa shape index (κ3) is 3.02. The first kappa shape index (κ1) is 14.6. The summed E-state index contributed by atoms with van der Waals surface area (Å²) >= 11 is 5.87. The molecule has 0 saturated heterocycles. The van der Waals surface area contributed by atoms with Crippen molar-refractivity contribution in [3.05, 3.63) is 46.7 Å². The maximum absolute atomic E-state index is 12.4. The Bertz CT molecular complexity index is 760. The van der Waals surface area contributed by atoms with E-state index in [0.29, 0.717) is 16.3 Å². The molecule has 0 aliphatic rings. The number of anilines is 2. The predicted octanol–water partition coefficient (Wildman–Crippen LogP) is 2.73. The Morgan fingerprint density at radius 3 is 2.55 bits per heavy atom. The molecule has 1 aromatic carbocycles. The average molecular weight is 312 g/mol. The van der Waals surface area contributed by atoms with Gasteiger partial charge in [0.1, 0.15) is 0 Å². The first-order valence-corrected chi connectivity index (χ1v) is 7.66. The second kappa shape index (κ2) is 5.30. The topological polar surface area (TPSA) is 85.1 Å². The summed E-state index contributed by atoms with van der Waals surface area (Å²) in [5.41, 5.74) is 7.67. The number of hydrogen-bond acceptors (Lipinski definition) is 4. The molecule has 0 saturated carbocycles. The van der Waals surface area contributed by atoms with Crippen LogP contribution in [-0.4, -0.2) is 13.4 Å². The number of nitrogens with zero attached hydrogens (tertiary/aromatic N) is 1. The van der Waals surface area contributed by atoms with Crippen LogP contribution in [-0.2, 0) is 10.0 Å². The van der Waals surface area contributed by atoms with E-state index in [4.69, 9.17) is 17.3 Å². The van der Waals surface area contributed by atoms with Crippen LogP contribution in [0.2, 0.25) is 5.02 Å². The van der Waals surface area contributed by atoms with E-state index >= 15 is 0 Å². The van der Waals surface area contributed by atoms with Crippen LogP contribution < -0.4 is 10.5 Å². The molecule has 2 rings (SSSR count). The molecule has 2 aromatic rings. The van der Waals surface area contributed by atoms with Gasteiger partial charge in [-0.1, -0.05) is 11.6 Å². The summed E-state index contributed by atoms with van der Waals surface area (Å²) in [4.78, 5) is 4.04. The first-order valence-electron chi connectivity index (χ1n) is 5.80. The zero-order valence-corrected chi connectivity index (χ0v) is 12.6. The summed E-state index contributed by atoms with van der Waals surface area (Å²) in [5.74, 6) is 0. The van der Waals surface area contributed by atoms with Gasteiger partial charge in [0.15, 0.2) is 0 Å². The number of aromatic nitrogens is 1. The zero-order valence-electron chi connectivity index (χ0n) is 11.0. The number of hydrogen-bond donors (Lipinski definition) is 2. The fourth-order valence-electron chi connectivity index (χ4n) is 1.78. The van der Waals surface area contributed by atoms with E-state index in [1.807, 2.05) is 6.92 Å². The maximum Gasteiger partial charge on any atom is 0.262 e. The molecule has 20 heavy (non-hydrogen) atoms. The Balaban J connectivity index is 2.43. The molecule has 0 unspecified atom stereocenters. The second-order valence-corrected chi connectivity index (χ2v) is 6.55. The summed E-state index contributed by atoms with van der Waals surface area (Å²) in [5, 5.41) is 0.332. The molecule has 0 bridgehead atoms. The number of halogens is 1. The van der Waals surface area contributed by atoms with E-state index in [2.05, 4.69) is 9.71 Å². The Hall–Kier alpha value is -1.79. The molecule has 5 nitrogen and oxygen atoms in total. The monoisotopic (exact) mass is 311 g/mol. The van der Waals surface area contributed by atoms with E-state index in [9.17, 15) is 8.42 Å². The van der Waals surface area contributed by atoms with Gasteiger partial charge in [0.2, 0.25) is 0 Å². The number of benzene rings is 1. The highest BCUT2D eigenvalue weighted by Crippen LogP contribution is 2.27. The van der Waals surface area contributed by atoms with Gasteiger partial charge in [-0.3, -0.25) is 9.71 Å². The lowest BCUT2D eigenvalue weighted by Gasteiger charge is -2.12. The molecule has 1 aromatic heterocycles. The van der Waals surface area contributed by atoms with Crippen LogP contribution >= 0.6 is 11.6 Å². The number of nitrogen functional groups attached to an aromatic ring is 1. The maximum atomic E-state index is 12.4. The van der Waals surface area contributed by atoms with Gasteiger partial charge in [0.05, 0.1) is 27.5 Å². The molecule has 0 aliphatic heterocycles. The molecule has 0 radical (unpaired) electrons. The van der Waals surface area contributed by atoms with E-state index in [1.54, 1.807) is 19.2 Å². The molecular formula is C13H14ClN3O2S. The summed E-state index contributed by atoms with van der Waals surface area (Å²) in [7, 11) is -3.73. The predicted molar refractivity (Wildman–Crippen MR) is 80.4 cm³/mol. The molecule has 0 aliphatic carbocycles. The highest BCUT2D eigenvalue weighted by atomic mass is 35.5. The smallest absolute Gasteiger partial charge is 0.262 e. The first-order chi connectivity index (χ1) is 9.29. The highest BCUT2D eigenvalue weighted by Gasteiger charge is 2.18. The second-order valence-electron chi connectivity index (χ2n) is 4.50. The quantitative estimate of drug-likeness (QED) is 0.853. The largest absolute Gasteiger partial charge is 0.397 e. The fraction of sp³-hybridized carbons (Fsp3) is 0.154. The standard InChI is InChI=1S/C13H14ClN3O2S/c1-8-3-10(7-16-6-8)17-20(18,19)13-5-12(15)11(14)4-9(13)2/h3-7,17H,15H2,1-2H3. The highest BCUT2D eigenvalue weighted by molar-refractivity contribution is 7.92. The van der Waals surface area contributed by atoms with Crippen LogP contribution in [0.5, 0.6) is 0 Å². The summed E-state index contributed by atoms with van der Waals surface area (Å²) < 4.78 is 27.2. The molecule has 106 valence electrons. The summed E-state index contributed by atoms with van der Waals surface area (Å²) in [6, 6.07) is 4.57. The van der Waals surface area contributed by atoms with Crippen molar-refractivity contribution >= 4 is 33.0 Å². The zero-order chi connectivity index (χ0) is 14.9. The third-order valence-electron chi connectivity index (χ3n) is 2.71. The van der Waals surface area contributed by atoms with E-state index < -0.39 is 10.0 Å². The lowest BCUT2D eigenvalue weighted by molar-refractivity contribution is 0.600. The molecule has 0 atom stereocenters. The number of pyridine rings is 1. The van der Waals surface area contributed by atoms with Crippen molar-refractivity contribution in [2.75, 3.05) is 10.5 Å². The number of nitrogens with one attached hydrogen (secondary N) is 1. The number of aryl methyl sites for hydroxylation is 2. The van der Waals surface area contributed by atoms with Gasteiger partial charge in [0.25, 0.3) is 10.0 Å². The molecule has 0 fully saturated rings. The van der Waals surface area contributed by atoms with E-state index in [1.165, 1.54) is 18.3 Å². The van der Waals surface area contributed by atoms with Gasteiger partial charge in [-0.2, -0.15) is 0 Å². The molecule has 0 amide bonds. The average Bonchev–Trinajstić information content (AvgIpc) is 2.33. The molecular weight excluding hydrogens is 298 g/mol. The number of sulfonamides is 1. The number of rotatable bonds is 3. The summed E-state index contributed by atoms with van der Waals surface area (Å²) in [6.07, 6.45) is 3.09. The molecule has 3 N–H and O–H groups in total. The van der Waals surface area contributed by atoms with Crippen LogP contribution in [0.4, 0.5) is 11.4 Å². The van der Waals surface area contributed by atoms with Gasteiger partial charge in [-0.05, 0) is 43.2 Å². The van der Waals surface area contributed by atoms with E-state index in [-0.39, 0.29) is 10.6 Å². The normalized spacial score (nSPS) is 11.3. The van der Waals surface area contributed by atoms with Crippen molar-refractivity contribution in [3.8, 4) is 0 Å². The SMILES string of the molecule is Cc1cncc(NS(=O)(=O)c2cc(N)c(Cl)cc2C)c1. The Morgan fingerprint density at radius 1 is 1.20 bits per heavy atom. The van der Waals surface area contributed by atoms with Crippen LogP contribution in [0.3, 0.4) is 0 Å². The van der Waals surface area contributed by atoms with Crippen LogP contribution in [0.15, 0.2) is 35.5 Å². The van der Waals surface area contributed by atoms with Crippen molar-refractivity contribution in [2.45, 2.75) is 18.7 Å². The van der Waals surface area contributed by atoms with Crippen LogP contribution in [0.25, 0.3) is 0 Å². The summed E-state index contributed by atoms with van der Waals surface area (Å²) in [6.45, 7) is 3.49. The Labute approximate surface area is 122 Å². The Kier molecular flexibility index (Phi) is 3.87. The number of nitrogens with two attached hydrogens (primary N) is 1. The van der Waals surface area contributed by atoms with Gasteiger partial charge in [-0.15, -0.1) is 0 Å². The fourth-order valence-corrected chi connectivity index (χ4v) is 3.29. The van der Waals surface area contributed by atoms with Crippen molar-refractivity contribution in [2.24, 2.45) is 0 Å². The van der Waals surface area contributed by atoms with Crippen molar-refractivity contribution in [1.82, 2.24) is 4.98 Å². The third-order valence-corrected chi connectivity index (χ3v) is 4.56. The lowest BCUT2D eigenvalue weighted by Crippen LogP contribution is -2.15. The minimum Gasteiger partial charge on any atom is -0.397 e. The van der Waals surface area contributed by atoms with E-state index in [0.717, 1.165) is 5.56 Å². The van der Waals surface area contributed by atoms with Gasteiger partial charge in [0, 0.05) is 6.20 Å². The Morgan fingerprint density at radius 2 is 1.90 bits per heavy atom. The molecule has 7 heteroatoms. The minimum atomic E-state index is -3.73. The minimum absolute atomic E-state index is 0.0981. The van der Waals surface area contributed by atoms with Gasteiger partial charge in [-0.25, -0.2) is 8.42 Å². The van der Waals surface area contributed by atoms with Crippen LogP contribution in [0, 0.1) is 13.8 Å².